The van der Waals surface area contributed by atoms with Crippen LogP contribution in [0, 0.1) is 5.92 Å². The van der Waals surface area contributed by atoms with Gasteiger partial charge in [-0.1, -0.05) is 12.1 Å². The summed E-state index contributed by atoms with van der Waals surface area (Å²) >= 11 is 0. The molecule has 0 bridgehead atoms. The van der Waals surface area contributed by atoms with Gasteiger partial charge in [-0.25, -0.2) is 4.98 Å². The molecule has 1 aliphatic carbocycles. The third kappa shape index (κ3) is 4.81. The minimum absolute atomic E-state index is 0.0146. The number of aromatic amines is 1. The number of anilines is 1. The summed E-state index contributed by atoms with van der Waals surface area (Å²) < 4.78 is 5.21. The minimum Gasteiger partial charge on any atom is -0.507 e. The van der Waals surface area contributed by atoms with E-state index < -0.39 is 0 Å². The van der Waals surface area contributed by atoms with E-state index in [-0.39, 0.29) is 29.2 Å². The van der Waals surface area contributed by atoms with Crippen LogP contribution >= 0.6 is 0 Å². The molecule has 4 N–H and O–H groups in total. The molecule has 0 radical (unpaired) electrons. The normalized spacial score (nSPS) is 18.0. The largest absolute Gasteiger partial charge is 0.507 e. The Morgan fingerprint density at radius 1 is 1.17 bits per heavy atom. The summed E-state index contributed by atoms with van der Waals surface area (Å²) in [5.74, 6) is 0.358. The number of carbonyl (C=O) groups excluding carboxylic acids is 1. The monoisotopic (exact) mass is 473 g/mol. The number of fused-ring (bicyclic) bond motifs is 2. The minimum atomic E-state index is -0.298. The summed E-state index contributed by atoms with van der Waals surface area (Å²) in [5.41, 5.74) is 2.39. The Morgan fingerprint density at radius 3 is 2.80 bits per heavy atom. The average molecular weight is 474 g/mol. The van der Waals surface area contributed by atoms with Gasteiger partial charge in [0, 0.05) is 36.5 Å². The lowest BCUT2D eigenvalue weighted by molar-refractivity contribution is -0.120. The quantitative estimate of drug-likeness (QED) is 0.337. The number of H-pyrrole nitrogens is 1. The van der Waals surface area contributed by atoms with Crippen LogP contribution < -0.4 is 20.9 Å². The van der Waals surface area contributed by atoms with E-state index >= 15 is 0 Å². The number of nitrogens with one attached hydrogen (secondary N) is 3. The van der Waals surface area contributed by atoms with Crippen molar-refractivity contribution in [2.24, 2.45) is 5.92 Å². The molecule has 1 aliphatic rings. The van der Waals surface area contributed by atoms with Gasteiger partial charge in [-0.15, -0.1) is 0 Å². The van der Waals surface area contributed by atoms with Gasteiger partial charge >= 0.3 is 0 Å². The lowest BCUT2D eigenvalue weighted by atomic mass is 9.85. The molecule has 1 amide bonds. The Hall–Kier alpha value is -3.98. The first-order valence-electron chi connectivity index (χ1n) is 11.7. The van der Waals surface area contributed by atoms with Gasteiger partial charge in [0.1, 0.15) is 11.3 Å². The number of methoxy groups -OCH3 is 1. The van der Waals surface area contributed by atoms with Crippen molar-refractivity contribution >= 4 is 33.4 Å². The Bertz CT molecular complexity index is 1440. The van der Waals surface area contributed by atoms with Crippen molar-refractivity contribution in [3.63, 3.8) is 0 Å². The SMILES string of the molecule is COc1ccc2nccc(NC(=O)C3CCC(NCc4cc5cccc(O)c5c(=O)[nH]4)CC3)c2n1. The number of nitrogens with zero attached hydrogens (tertiary/aromatic N) is 2. The van der Waals surface area contributed by atoms with E-state index in [1.807, 2.05) is 18.2 Å². The van der Waals surface area contributed by atoms with E-state index in [1.165, 1.54) is 6.07 Å². The molecule has 3 aromatic heterocycles. The van der Waals surface area contributed by atoms with Gasteiger partial charge in [0.2, 0.25) is 11.8 Å². The zero-order chi connectivity index (χ0) is 24.4. The molecule has 0 aliphatic heterocycles. The number of hydrogen-bond donors (Lipinski definition) is 4. The summed E-state index contributed by atoms with van der Waals surface area (Å²) in [6.45, 7) is 0.513. The van der Waals surface area contributed by atoms with Gasteiger partial charge in [0.15, 0.2) is 0 Å². The fourth-order valence-electron chi connectivity index (χ4n) is 4.72. The predicted molar refractivity (Wildman–Crippen MR) is 134 cm³/mol. The number of ether oxygens (including phenoxy) is 1. The van der Waals surface area contributed by atoms with Crippen molar-refractivity contribution < 1.29 is 14.6 Å². The molecule has 0 saturated heterocycles. The van der Waals surface area contributed by atoms with Crippen LogP contribution in [0.1, 0.15) is 31.4 Å². The number of carbonyl (C=O) groups is 1. The van der Waals surface area contributed by atoms with Crippen molar-refractivity contribution in [1.29, 1.82) is 0 Å². The van der Waals surface area contributed by atoms with E-state index in [1.54, 1.807) is 31.5 Å². The fraction of sp³-hybridized carbons (Fsp3) is 0.308. The van der Waals surface area contributed by atoms with Crippen LogP contribution in [0.25, 0.3) is 21.8 Å². The second-order valence-corrected chi connectivity index (χ2v) is 8.86. The van der Waals surface area contributed by atoms with Crippen molar-refractivity contribution in [3.05, 3.63) is 64.7 Å². The van der Waals surface area contributed by atoms with Crippen LogP contribution in [0.4, 0.5) is 5.69 Å². The Balaban J connectivity index is 1.18. The highest BCUT2D eigenvalue weighted by Crippen LogP contribution is 2.28. The van der Waals surface area contributed by atoms with E-state index in [0.29, 0.717) is 39.9 Å². The van der Waals surface area contributed by atoms with Gasteiger partial charge in [-0.2, -0.15) is 0 Å². The zero-order valence-electron chi connectivity index (χ0n) is 19.4. The number of pyridine rings is 3. The van der Waals surface area contributed by atoms with Crippen molar-refractivity contribution in [3.8, 4) is 11.6 Å². The van der Waals surface area contributed by atoms with Gasteiger partial charge in [-0.05, 0) is 55.3 Å². The highest BCUT2D eigenvalue weighted by atomic mass is 16.5. The number of aromatic hydroxyl groups is 1. The average Bonchev–Trinajstić information content (AvgIpc) is 2.87. The maximum atomic E-state index is 13.0. The summed E-state index contributed by atoms with van der Waals surface area (Å²) in [6.07, 6.45) is 4.92. The molecule has 1 aromatic carbocycles. The van der Waals surface area contributed by atoms with Crippen LogP contribution in [0.3, 0.4) is 0 Å². The molecule has 9 nitrogen and oxygen atoms in total. The topological polar surface area (TPSA) is 129 Å². The highest BCUT2D eigenvalue weighted by molar-refractivity contribution is 6.00. The van der Waals surface area contributed by atoms with Crippen molar-refractivity contribution in [2.75, 3.05) is 12.4 Å². The lowest BCUT2D eigenvalue weighted by Gasteiger charge is -2.28. The van der Waals surface area contributed by atoms with E-state index in [0.717, 1.165) is 31.4 Å². The first kappa shape index (κ1) is 22.8. The first-order valence-corrected chi connectivity index (χ1v) is 11.7. The van der Waals surface area contributed by atoms with Crippen LogP contribution in [0.15, 0.2) is 53.5 Å². The Labute approximate surface area is 201 Å². The molecular formula is C26H27N5O4. The smallest absolute Gasteiger partial charge is 0.259 e. The van der Waals surface area contributed by atoms with Crippen molar-refractivity contribution in [1.82, 2.24) is 20.3 Å². The zero-order valence-corrected chi connectivity index (χ0v) is 19.4. The predicted octanol–water partition coefficient (Wildman–Crippen LogP) is 3.47. The van der Waals surface area contributed by atoms with Crippen molar-refractivity contribution in [2.45, 2.75) is 38.3 Å². The molecule has 9 heteroatoms. The molecule has 5 rings (SSSR count). The summed E-state index contributed by atoms with van der Waals surface area (Å²) in [7, 11) is 1.55. The summed E-state index contributed by atoms with van der Waals surface area (Å²) in [4.78, 5) is 36.9. The Morgan fingerprint density at radius 2 is 2.00 bits per heavy atom. The Kier molecular flexibility index (Phi) is 6.33. The number of phenolic OH excluding ortho intramolecular Hbond substituents is 1. The molecule has 0 spiro atoms. The van der Waals surface area contributed by atoms with Crippen LogP contribution in [-0.2, 0) is 11.3 Å². The standard InChI is InChI=1S/C26H27N5O4/c1-35-22-10-9-19-24(31-22)20(11-12-27-19)30-25(33)15-5-7-17(8-6-15)28-14-18-13-16-3-2-4-21(32)23(16)26(34)29-18/h2-4,9-13,15,17,28,32H,5-8,14H2,1H3,(H,29,34)(H,27,30,33). The number of benzene rings is 1. The lowest BCUT2D eigenvalue weighted by Crippen LogP contribution is -2.36. The van der Waals surface area contributed by atoms with E-state index in [4.69, 9.17) is 4.74 Å². The molecule has 1 fully saturated rings. The molecule has 0 atom stereocenters. The van der Waals surface area contributed by atoms with Gasteiger partial charge < -0.3 is 25.5 Å². The van der Waals surface area contributed by atoms with Crippen LogP contribution in [0.5, 0.6) is 11.6 Å². The number of hydrogen-bond acceptors (Lipinski definition) is 7. The maximum Gasteiger partial charge on any atom is 0.259 e. The number of amides is 1. The van der Waals surface area contributed by atoms with Gasteiger partial charge in [0.05, 0.1) is 23.7 Å². The molecule has 35 heavy (non-hydrogen) atoms. The summed E-state index contributed by atoms with van der Waals surface area (Å²) in [5, 5.41) is 17.5. The molecule has 1 saturated carbocycles. The molecule has 3 heterocycles. The molecule has 4 aromatic rings. The fourth-order valence-corrected chi connectivity index (χ4v) is 4.72. The van der Waals surface area contributed by atoms with Crippen LogP contribution in [0.2, 0.25) is 0 Å². The van der Waals surface area contributed by atoms with Crippen LogP contribution in [-0.4, -0.2) is 39.1 Å². The number of rotatable bonds is 6. The third-order valence-electron chi connectivity index (χ3n) is 6.61. The van der Waals surface area contributed by atoms with E-state index in [2.05, 4.69) is 25.6 Å². The van der Waals surface area contributed by atoms with Gasteiger partial charge in [0.25, 0.3) is 5.56 Å². The van der Waals surface area contributed by atoms with Gasteiger partial charge in [-0.3, -0.25) is 14.6 Å². The molecular weight excluding hydrogens is 446 g/mol. The number of phenols is 1. The number of aromatic nitrogens is 3. The first-order chi connectivity index (χ1) is 17.0. The second-order valence-electron chi connectivity index (χ2n) is 8.86. The highest BCUT2D eigenvalue weighted by Gasteiger charge is 2.26. The molecule has 180 valence electrons. The summed E-state index contributed by atoms with van der Waals surface area (Å²) in [6, 6.07) is 12.5. The van der Waals surface area contributed by atoms with E-state index in [9.17, 15) is 14.7 Å². The third-order valence-corrected chi connectivity index (χ3v) is 6.61. The molecule has 0 unspecified atom stereocenters. The second kappa shape index (κ2) is 9.71. The maximum absolute atomic E-state index is 13.0.